The smallest absolute Gasteiger partial charge is 0.261 e. The zero-order valence-corrected chi connectivity index (χ0v) is 21.5. The standard InChI is InChI=1S/C28H32O3SSi/c1-22-20-23(21-27(22)32(29,30)24-14-8-5-9-15-24)31-33(28(2,3)4,25-16-10-6-11-17-25)26-18-12-7-13-19-26/h5-19,21-23H,20H2,1-4H3/t22-,23-/m1/s1. The highest BCUT2D eigenvalue weighted by Crippen LogP contribution is 2.41. The van der Waals surface area contributed by atoms with E-state index in [9.17, 15) is 8.42 Å². The van der Waals surface area contributed by atoms with Crippen molar-refractivity contribution >= 4 is 28.5 Å². The zero-order valence-electron chi connectivity index (χ0n) is 19.7. The van der Waals surface area contributed by atoms with Crippen molar-refractivity contribution < 1.29 is 12.8 Å². The molecule has 0 N–H and O–H groups in total. The molecule has 0 saturated heterocycles. The molecule has 3 aromatic rings. The van der Waals surface area contributed by atoms with Crippen molar-refractivity contribution in [3.63, 3.8) is 0 Å². The molecule has 1 aliphatic rings. The van der Waals surface area contributed by atoms with Crippen molar-refractivity contribution in [2.24, 2.45) is 5.92 Å². The largest absolute Gasteiger partial charge is 0.401 e. The minimum atomic E-state index is -3.54. The van der Waals surface area contributed by atoms with Gasteiger partial charge in [0.05, 0.1) is 15.9 Å². The first-order valence-corrected chi connectivity index (χ1v) is 14.9. The van der Waals surface area contributed by atoms with Crippen LogP contribution in [0.15, 0.2) is 107 Å². The lowest BCUT2D eigenvalue weighted by atomic mass is 10.1. The van der Waals surface area contributed by atoms with Gasteiger partial charge in [0, 0.05) is 0 Å². The van der Waals surface area contributed by atoms with Crippen molar-refractivity contribution in [1.29, 1.82) is 0 Å². The molecule has 0 unspecified atom stereocenters. The van der Waals surface area contributed by atoms with E-state index in [1.54, 1.807) is 24.3 Å². The topological polar surface area (TPSA) is 43.4 Å². The number of hydrogen-bond acceptors (Lipinski definition) is 3. The van der Waals surface area contributed by atoms with E-state index in [1.807, 2.05) is 31.2 Å². The van der Waals surface area contributed by atoms with Crippen LogP contribution in [0, 0.1) is 5.92 Å². The fourth-order valence-corrected chi connectivity index (χ4v) is 11.3. The van der Waals surface area contributed by atoms with E-state index in [1.165, 1.54) is 10.4 Å². The molecule has 4 rings (SSSR count). The predicted molar refractivity (Wildman–Crippen MR) is 138 cm³/mol. The van der Waals surface area contributed by atoms with E-state index in [0.29, 0.717) is 16.2 Å². The van der Waals surface area contributed by atoms with Gasteiger partial charge < -0.3 is 4.43 Å². The average Bonchev–Trinajstić information content (AvgIpc) is 3.19. The van der Waals surface area contributed by atoms with E-state index in [0.717, 1.165) is 0 Å². The highest BCUT2D eigenvalue weighted by atomic mass is 32.2. The molecule has 5 heteroatoms. The molecule has 2 atom stereocenters. The maximum absolute atomic E-state index is 13.4. The van der Waals surface area contributed by atoms with Crippen molar-refractivity contribution in [1.82, 2.24) is 0 Å². The molecule has 3 aromatic carbocycles. The van der Waals surface area contributed by atoms with Gasteiger partial charge in [-0.1, -0.05) is 107 Å². The van der Waals surface area contributed by atoms with Crippen LogP contribution in [0.1, 0.15) is 34.1 Å². The van der Waals surface area contributed by atoms with Crippen LogP contribution in [-0.2, 0) is 14.3 Å². The van der Waals surface area contributed by atoms with Crippen LogP contribution in [0.2, 0.25) is 5.04 Å². The average molecular weight is 477 g/mol. The monoisotopic (exact) mass is 476 g/mol. The van der Waals surface area contributed by atoms with Gasteiger partial charge in [-0.15, -0.1) is 0 Å². The molecule has 0 spiro atoms. The second-order valence-electron chi connectivity index (χ2n) is 9.84. The van der Waals surface area contributed by atoms with E-state index in [-0.39, 0.29) is 17.1 Å². The number of sulfone groups is 1. The molecule has 0 heterocycles. The van der Waals surface area contributed by atoms with Crippen LogP contribution in [0.25, 0.3) is 0 Å². The minimum Gasteiger partial charge on any atom is -0.401 e. The molecule has 0 aliphatic heterocycles. The highest BCUT2D eigenvalue weighted by molar-refractivity contribution is 7.95. The summed E-state index contributed by atoms with van der Waals surface area (Å²) in [5.74, 6) is -0.0987. The highest BCUT2D eigenvalue weighted by Gasteiger charge is 2.52. The van der Waals surface area contributed by atoms with Crippen molar-refractivity contribution in [2.75, 3.05) is 0 Å². The SMILES string of the molecule is C[C@@H]1C[C@@H](O[Si](c2ccccc2)(c2ccccc2)C(C)(C)C)C=C1S(=O)(=O)c1ccccc1. The first-order chi connectivity index (χ1) is 15.7. The quantitative estimate of drug-likeness (QED) is 0.452. The third-order valence-electron chi connectivity index (χ3n) is 6.53. The Hall–Kier alpha value is -2.47. The minimum absolute atomic E-state index is 0.0987. The van der Waals surface area contributed by atoms with Gasteiger partial charge in [-0.25, -0.2) is 8.42 Å². The molecule has 3 nitrogen and oxygen atoms in total. The van der Waals surface area contributed by atoms with Gasteiger partial charge in [0.25, 0.3) is 8.32 Å². The first kappa shape index (κ1) is 23.7. The number of rotatable bonds is 6. The van der Waals surface area contributed by atoms with Gasteiger partial charge in [-0.2, -0.15) is 0 Å². The van der Waals surface area contributed by atoms with Gasteiger partial charge in [0.2, 0.25) is 9.84 Å². The van der Waals surface area contributed by atoms with Crippen LogP contribution < -0.4 is 10.4 Å². The molecule has 0 radical (unpaired) electrons. The van der Waals surface area contributed by atoms with Crippen molar-refractivity contribution in [3.8, 4) is 0 Å². The summed E-state index contributed by atoms with van der Waals surface area (Å²) in [7, 11) is -6.30. The Labute approximate surface area is 199 Å². The molecule has 0 amide bonds. The van der Waals surface area contributed by atoms with E-state index < -0.39 is 18.2 Å². The summed E-state index contributed by atoms with van der Waals surface area (Å²) in [4.78, 5) is 0.811. The Morgan fingerprint density at radius 1 is 0.788 bits per heavy atom. The molecule has 1 aliphatic carbocycles. The summed E-state index contributed by atoms with van der Waals surface area (Å²) in [6.45, 7) is 8.70. The number of allylic oxidation sites excluding steroid dienone is 1. The van der Waals surface area contributed by atoms with Crippen LogP contribution >= 0.6 is 0 Å². The Morgan fingerprint density at radius 2 is 1.24 bits per heavy atom. The van der Waals surface area contributed by atoms with Gasteiger partial charge in [0.15, 0.2) is 0 Å². The molecule has 0 fully saturated rings. The van der Waals surface area contributed by atoms with Crippen molar-refractivity contribution in [3.05, 3.63) is 102 Å². The fourth-order valence-electron chi connectivity index (χ4n) is 4.97. The number of hydrogen-bond donors (Lipinski definition) is 0. The maximum atomic E-state index is 13.4. The summed E-state index contributed by atoms with van der Waals surface area (Å²) >= 11 is 0. The van der Waals surface area contributed by atoms with Crippen molar-refractivity contribution in [2.45, 2.75) is 50.2 Å². The molecule has 0 aromatic heterocycles. The third-order valence-corrected chi connectivity index (χ3v) is 13.6. The van der Waals surface area contributed by atoms with Crippen LogP contribution in [0.3, 0.4) is 0 Å². The van der Waals surface area contributed by atoms with Gasteiger partial charge in [0.1, 0.15) is 0 Å². The summed E-state index contributed by atoms with van der Waals surface area (Å²) < 4.78 is 33.9. The van der Waals surface area contributed by atoms with Crippen LogP contribution in [0.4, 0.5) is 0 Å². The summed E-state index contributed by atoms with van der Waals surface area (Å²) in [5, 5.41) is 2.24. The first-order valence-electron chi connectivity index (χ1n) is 11.5. The van der Waals surface area contributed by atoms with E-state index >= 15 is 0 Å². The Kier molecular flexibility index (Phi) is 6.49. The van der Waals surface area contributed by atoms with Crippen LogP contribution in [0.5, 0.6) is 0 Å². The van der Waals surface area contributed by atoms with E-state index in [4.69, 9.17) is 4.43 Å². The molecule has 172 valence electrons. The molecule has 33 heavy (non-hydrogen) atoms. The molecule has 0 saturated carbocycles. The molecule has 0 bridgehead atoms. The maximum Gasteiger partial charge on any atom is 0.261 e. The lowest BCUT2D eigenvalue weighted by Gasteiger charge is -2.44. The summed E-state index contributed by atoms with van der Waals surface area (Å²) in [6.07, 6.45) is 2.26. The Morgan fingerprint density at radius 3 is 1.70 bits per heavy atom. The lowest BCUT2D eigenvalue weighted by Crippen LogP contribution is -2.67. The van der Waals surface area contributed by atoms with Gasteiger partial charge in [-0.05, 0) is 46.0 Å². The van der Waals surface area contributed by atoms with Crippen LogP contribution in [-0.4, -0.2) is 22.8 Å². The molecular weight excluding hydrogens is 444 g/mol. The van der Waals surface area contributed by atoms with Gasteiger partial charge in [-0.3, -0.25) is 0 Å². The Balaban J connectivity index is 1.81. The summed E-state index contributed by atoms with van der Waals surface area (Å²) in [6, 6.07) is 29.6. The summed E-state index contributed by atoms with van der Waals surface area (Å²) in [5.41, 5.74) is 0. The normalized spacial score (nSPS) is 19.3. The number of benzene rings is 3. The third kappa shape index (κ3) is 4.37. The molecular formula is C28H32O3SSi. The van der Waals surface area contributed by atoms with Gasteiger partial charge >= 0.3 is 0 Å². The van der Waals surface area contributed by atoms with E-state index in [2.05, 4.69) is 69.3 Å². The predicted octanol–water partition coefficient (Wildman–Crippen LogP) is 5.33. The fraction of sp³-hybridized carbons (Fsp3) is 0.286. The second-order valence-corrected chi connectivity index (χ2v) is 16.0. The second kappa shape index (κ2) is 9.05. The zero-order chi connectivity index (χ0) is 23.7. The Bertz CT molecular complexity index is 1170. The lowest BCUT2D eigenvalue weighted by molar-refractivity contribution is 0.222.